The summed E-state index contributed by atoms with van der Waals surface area (Å²) >= 11 is 6.16. The predicted molar refractivity (Wildman–Crippen MR) is 112 cm³/mol. The molecule has 1 unspecified atom stereocenters. The number of aromatic amines is 1. The zero-order valence-electron chi connectivity index (χ0n) is 16.0. The van der Waals surface area contributed by atoms with E-state index < -0.39 is 23.6 Å². The van der Waals surface area contributed by atoms with Gasteiger partial charge in [-0.1, -0.05) is 23.7 Å². The Morgan fingerprint density at radius 2 is 2.00 bits per heavy atom. The molecule has 10 nitrogen and oxygen atoms in total. The lowest BCUT2D eigenvalue weighted by atomic mass is 10.1. The lowest BCUT2D eigenvalue weighted by molar-refractivity contribution is 0.153. The molecule has 3 aromatic heterocycles. The highest BCUT2D eigenvalue weighted by molar-refractivity contribution is 6.35. The van der Waals surface area contributed by atoms with Crippen LogP contribution in [0.3, 0.4) is 0 Å². The molecule has 0 aliphatic heterocycles. The molecule has 4 rings (SSSR count). The van der Waals surface area contributed by atoms with E-state index in [-0.39, 0.29) is 39.3 Å². The third kappa shape index (κ3) is 3.61. The van der Waals surface area contributed by atoms with Crippen molar-refractivity contribution in [3.05, 3.63) is 57.4 Å². The SMILES string of the molecule is CC(Nc1nc(N)nc(N)c1Cl)c1nc2cccc(C(F)F)c2c(=O)n1-c1cn[nH]c1. The maximum atomic E-state index is 13.6. The molecular weight excluding hydrogens is 432 g/mol. The monoisotopic (exact) mass is 447 g/mol. The van der Waals surface area contributed by atoms with E-state index in [9.17, 15) is 13.6 Å². The van der Waals surface area contributed by atoms with Gasteiger partial charge in [0.05, 0.1) is 28.8 Å². The number of rotatable bonds is 5. The van der Waals surface area contributed by atoms with Crippen molar-refractivity contribution >= 4 is 40.1 Å². The van der Waals surface area contributed by atoms with Gasteiger partial charge in [-0.2, -0.15) is 15.1 Å². The second-order valence-electron chi connectivity index (χ2n) is 6.60. The zero-order chi connectivity index (χ0) is 22.3. The Morgan fingerprint density at radius 3 is 2.68 bits per heavy atom. The average Bonchev–Trinajstić information content (AvgIpc) is 3.25. The quantitative estimate of drug-likeness (QED) is 0.364. The van der Waals surface area contributed by atoms with Crippen molar-refractivity contribution in [2.75, 3.05) is 16.8 Å². The van der Waals surface area contributed by atoms with Crippen LogP contribution in [-0.2, 0) is 0 Å². The average molecular weight is 448 g/mol. The molecule has 0 bridgehead atoms. The van der Waals surface area contributed by atoms with Crippen molar-refractivity contribution in [2.45, 2.75) is 19.4 Å². The van der Waals surface area contributed by atoms with Gasteiger partial charge in [-0.25, -0.2) is 13.8 Å². The van der Waals surface area contributed by atoms with Gasteiger partial charge in [0.2, 0.25) is 5.95 Å². The standard InChI is InChI=1S/C18H16ClF2N9O/c1-7(26-15-12(19)14(22)28-18(23)29-15)16-27-10-4-2-3-9(13(20)21)11(10)17(31)30(16)8-5-24-25-6-8/h2-7,13H,1H3,(H,24,25)(H5,22,23,26,28,29). The first-order chi connectivity index (χ1) is 14.8. The van der Waals surface area contributed by atoms with Gasteiger partial charge in [-0.3, -0.25) is 14.5 Å². The van der Waals surface area contributed by atoms with Gasteiger partial charge in [-0.05, 0) is 13.0 Å². The van der Waals surface area contributed by atoms with Crippen molar-refractivity contribution in [3.8, 4) is 5.69 Å². The van der Waals surface area contributed by atoms with Crippen LogP contribution in [0.15, 0.2) is 35.4 Å². The van der Waals surface area contributed by atoms with E-state index >= 15 is 0 Å². The van der Waals surface area contributed by atoms with Crippen LogP contribution in [0.4, 0.5) is 26.4 Å². The van der Waals surface area contributed by atoms with E-state index in [1.165, 1.54) is 35.2 Å². The van der Waals surface area contributed by atoms with E-state index in [4.69, 9.17) is 23.1 Å². The number of nitrogens with two attached hydrogens (primary N) is 2. The number of hydrogen-bond donors (Lipinski definition) is 4. The van der Waals surface area contributed by atoms with Crippen molar-refractivity contribution in [2.24, 2.45) is 0 Å². The number of nitrogens with one attached hydrogen (secondary N) is 2. The van der Waals surface area contributed by atoms with Crippen LogP contribution in [0.2, 0.25) is 5.02 Å². The number of nitrogens with zero attached hydrogens (tertiary/aromatic N) is 5. The molecule has 6 N–H and O–H groups in total. The van der Waals surface area contributed by atoms with Crippen LogP contribution < -0.4 is 22.3 Å². The maximum absolute atomic E-state index is 13.6. The highest BCUT2D eigenvalue weighted by Crippen LogP contribution is 2.30. The Hall–Kier alpha value is -3.80. The Labute approximate surface area is 178 Å². The van der Waals surface area contributed by atoms with E-state index in [0.29, 0.717) is 5.69 Å². The molecule has 0 fully saturated rings. The number of H-pyrrole nitrogens is 1. The second-order valence-corrected chi connectivity index (χ2v) is 6.98. The third-order valence-electron chi connectivity index (χ3n) is 4.57. The molecule has 31 heavy (non-hydrogen) atoms. The zero-order valence-corrected chi connectivity index (χ0v) is 16.7. The second kappa shape index (κ2) is 7.80. The van der Waals surface area contributed by atoms with Crippen LogP contribution in [0.25, 0.3) is 16.6 Å². The Kier molecular flexibility index (Phi) is 5.15. The molecule has 0 saturated heterocycles. The molecule has 13 heteroatoms. The van der Waals surface area contributed by atoms with Gasteiger partial charge in [0.1, 0.15) is 16.7 Å². The van der Waals surface area contributed by atoms with E-state index in [0.717, 1.165) is 0 Å². The summed E-state index contributed by atoms with van der Waals surface area (Å²) in [5.74, 6) is 0.215. The van der Waals surface area contributed by atoms with Crippen LogP contribution in [0, 0.1) is 0 Å². The van der Waals surface area contributed by atoms with Crippen molar-refractivity contribution < 1.29 is 8.78 Å². The van der Waals surface area contributed by atoms with E-state index in [1.54, 1.807) is 6.92 Å². The first kappa shape index (κ1) is 20.5. The largest absolute Gasteiger partial charge is 0.382 e. The molecule has 0 saturated carbocycles. The van der Waals surface area contributed by atoms with Crippen LogP contribution in [0.1, 0.15) is 30.8 Å². The molecule has 0 aliphatic carbocycles. The molecule has 160 valence electrons. The Morgan fingerprint density at radius 1 is 1.23 bits per heavy atom. The summed E-state index contributed by atoms with van der Waals surface area (Å²) in [7, 11) is 0. The Balaban J connectivity index is 1.93. The number of benzene rings is 1. The molecule has 0 spiro atoms. The molecule has 3 heterocycles. The van der Waals surface area contributed by atoms with E-state index in [1.807, 2.05) is 0 Å². The first-order valence-electron chi connectivity index (χ1n) is 8.95. The lowest BCUT2D eigenvalue weighted by Crippen LogP contribution is -2.28. The fourth-order valence-corrected chi connectivity index (χ4v) is 3.35. The number of fused-ring (bicyclic) bond motifs is 1. The fraction of sp³-hybridized carbons (Fsp3) is 0.167. The number of nitrogen functional groups attached to an aromatic ring is 2. The van der Waals surface area contributed by atoms with Crippen LogP contribution >= 0.6 is 11.6 Å². The topological polar surface area (TPSA) is 153 Å². The van der Waals surface area contributed by atoms with Crippen LogP contribution in [0.5, 0.6) is 0 Å². The minimum absolute atomic E-state index is 0.0239. The van der Waals surface area contributed by atoms with Crippen LogP contribution in [-0.4, -0.2) is 29.7 Å². The molecule has 0 amide bonds. The van der Waals surface area contributed by atoms with Crippen molar-refractivity contribution in [1.82, 2.24) is 29.7 Å². The van der Waals surface area contributed by atoms with E-state index in [2.05, 4.69) is 30.5 Å². The van der Waals surface area contributed by atoms with Crippen molar-refractivity contribution in [3.63, 3.8) is 0 Å². The van der Waals surface area contributed by atoms with Gasteiger partial charge in [0.25, 0.3) is 12.0 Å². The summed E-state index contributed by atoms with van der Waals surface area (Å²) in [5, 5.41) is 9.30. The number of halogens is 3. The lowest BCUT2D eigenvalue weighted by Gasteiger charge is -2.20. The van der Waals surface area contributed by atoms with Gasteiger partial charge in [-0.15, -0.1) is 0 Å². The molecule has 0 aliphatic rings. The maximum Gasteiger partial charge on any atom is 0.266 e. The predicted octanol–water partition coefficient (Wildman–Crippen LogP) is 2.83. The third-order valence-corrected chi connectivity index (χ3v) is 4.94. The highest BCUT2D eigenvalue weighted by atomic mass is 35.5. The normalized spacial score (nSPS) is 12.4. The number of aromatic nitrogens is 6. The highest BCUT2D eigenvalue weighted by Gasteiger charge is 2.23. The summed E-state index contributed by atoms with van der Waals surface area (Å²) in [6.07, 6.45) is -0.0174. The van der Waals surface area contributed by atoms with Gasteiger partial charge in [0.15, 0.2) is 5.82 Å². The number of hydrogen-bond acceptors (Lipinski definition) is 8. The van der Waals surface area contributed by atoms with Gasteiger partial charge in [0, 0.05) is 11.8 Å². The van der Waals surface area contributed by atoms with Gasteiger partial charge >= 0.3 is 0 Å². The molecule has 0 radical (unpaired) electrons. The molecule has 4 aromatic rings. The summed E-state index contributed by atoms with van der Waals surface area (Å²) in [6.45, 7) is 1.69. The minimum atomic E-state index is -2.84. The summed E-state index contributed by atoms with van der Waals surface area (Å²) in [5.41, 5.74) is 10.7. The number of alkyl halides is 2. The molecule has 1 atom stereocenters. The smallest absolute Gasteiger partial charge is 0.266 e. The van der Waals surface area contributed by atoms with Gasteiger partial charge < -0.3 is 16.8 Å². The first-order valence-corrected chi connectivity index (χ1v) is 9.33. The minimum Gasteiger partial charge on any atom is -0.382 e. The summed E-state index contributed by atoms with van der Waals surface area (Å²) in [6, 6.07) is 3.44. The summed E-state index contributed by atoms with van der Waals surface area (Å²) < 4.78 is 28.3. The fourth-order valence-electron chi connectivity index (χ4n) is 3.21. The van der Waals surface area contributed by atoms with Crippen molar-refractivity contribution in [1.29, 1.82) is 0 Å². The Bertz CT molecular complexity index is 1320. The molecule has 1 aromatic carbocycles. The number of anilines is 3. The molecular formula is C18H16ClF2N9O. The summed E-state index contributed by atoms with van der Waals surface area (Å²) in [4.78, 5) is 25.6.